The number of aliphatic hydroxyl groups is 1. The molecule has 0 unspecified atom stereocenters. The van der Waals surface area contributed by atoms with Gasteiger partial charge < -0.3 is 10.2 Å². The first-order valence-corrected chi connectivity index (χ1v) is 2.64. The topological polar surface area (TPSA) is 81.3 Å². The van der Waals surface area contributed by atoms with E-state index in [4.69, 9.17) is 20.3 Å². The van der Waals surface area contributed by atoms with Crippen LogP contribution in [-0.4, -0.2) is 29.0 Å². The number of hydrogen-bond acceptors (Lipinski definition) is 3. The van der Waals surface area contributed by atoms with Gasteiger partial charge in [-0.3, -0.25) is 0 Å². The van der Waals surface area contributed by atoms with E-state index in [1.807, 2.05) is 0 Å². The van der Waals surface area contributed by atoms with Gasteiger partial charge >= 0.3 is 12.1 Å². The summed E-state index contributed by atoms with van der Waals surface area (Å²) in [4.78, 5) is 8.90. The molecule has 0 heterocycles. The lowest BCUT2D eigenvalue weighted by Crippen LogP contribution is -2.21. The molecule has 12 heavy (non-hydrogen) atoms. The molecule has 0 saturated carbocycles. The number of halogens is 3. The monoisotopic (exact) mass is 185 g/mol. The van der Waals surface area contributed by atoms with E-state index < -0.39 is 12.1 Å². The second kappa shape index (κ2) is 6.42. The summed E-state index contributed by atoms with van der Waals surface area (Å²) in [7, 11) is 0. The minimum atomic E-state index is -5.08. The van der Waals surface area contributed by atoms with Crippen LogP contribution in [0.5, 0.6) is 0 Å². The molecule has 2 N–H and O–H groups in total. The van der Waals surface area contributed by atoms with Gasteiger partial charge in [-0.25, -0.2) is 4.79 Å². The Morgan fingerprint density at radius 1 is 1.50 bits per heavy atom. The number of carboxylic acids is 1. The summed E-state index contributed by atoms with van der Waals surface area (Å²) >= 11 is 0. The summed E-state index contributed by atoms with van der Waals surface area (Å²) in [6.45, 7) is -0.0174. The average molecular weight is 185 g/mol. The molecule has 4 nitrogen and oxygen atoms in total. The van der Waals surface area contributed by atoms with Crippen molar-refractivity contribution >= 4 is 5.97 Å². The second-order valence-corrected chi connectivity index (χ2v) is 1.43. The van der Waals surface area contributed by atoms with Gasteiger partial charge in [0, 0.05) is 0 Å². The van der Waals surface area contributed by atoms with Gasteiger partial charge in [-0.1, -0.05) is 0 Å². The molecule has 0 aromatic rings. The van der Waals surface area contributed by atoms with Gasteiger partial charge in [0.15, 0.2) is 0 Å². The normalized spacial score (nSPS) is 9.25. The number of nitriles is 1. The highest BCUT2D eigenvalue weighted by Crippen LogP contribution is 2.13. The summed E-state index contributed by atoms with van der Waals surface area (Å²) in [5, 5.41) is 22.6. The van der Waals surface area contributed by atoms with Gasteiger partial charge in [0.1, 0.15) is 0 Å². The molecule has 0 rings (SSSR count). The van der Waals surface area contributed by atoms with Gasteiger partial charge in [-0.15, -0.1) is 0 Å². The fourth-order valence-electron chi connectivity index (χ4n) is 0.0500. The van der Waals surface area contributed by atoms with Crippen molar-refractivity contribution in [1.82, 2.24) is 0 Å². The van der Waals surface area contributed by atoms with Gasteiger partial charge in [0.2, 0.25) is 0 Å². The molecule has 0 aliphatic carbocycles. The van der Waals surface area contributed by atoms with Gasteiger partial charge in [0.25, 0.3) is 0 Å². The molecule has 0 spiro atoms. The Kier molecular flexibility index (Phi) is 7.12. The van der Waals surface area contributed by atoms with Crippen molar-refractivity contribution in [1.29, 1.82) is 5.26 Å². The smallest absolute Gasteiger partial charge is 0.475 e. The number of rotatable bonds is 1. The molecular weight excluding hydrogens is 179 g/mol. The molecule has 0 saturated heterocycles. The standard InChI is InChI=1S/C3H5NO.C2HF3O2/c4-2-1-3-5;3-2(4,5)1(6)7/h5H,1,3H2;(H,6,7). The lowest BCUT2D eigenvalue weighted by Gasteiger charge is -1.93. The van der Waals surface area contributed by atoms with Crippen molar-refractivity contribution in [3.8, 4) is 6.07 Å². The molecule has 0 aliphatic heterocycles. The van der Waals surface area contributed by atoms with Crippen LogP contribution in [0.3, 0.4) is 0 Å². The third-order valence-electron chi connectivity index (χ3n) is 0.466. The maximum Gasteiger partial charge on any atom is 0.490 e. The predicted octanol–water partition coefficient (Wildman–Crippen LogP) is 0.526. The lowest BCUT2D eigenvalue weighted by molar-refractivity contribution is -0.192. The van der Waals surface area contributed by atoms with E-state index in [0.717, 1.165) is 0 Å². The Morgan fingerprint density at radius 2 is 1.83 bits per heavy atom. The van der Waals surface area contributed by atoms with E-state index in [1.54, 1.807) is 6.07 Å². The van der Waals surface area contributed by atoms with Crippen LogP contribution in [0.1, 0.15) is 6.42 Å². The third kappa shape index (κ3) is 11.5. The predicted molar refractivity (Wildman–Crippen MR) is 31.0 cm³/mol. The van der Waals surface area contributed by atoms with Crippen LogP contribution < -0.4 is 0 Å². The zero-order valence-electron chi connectivity index (χ0n) is 5.80. The van der Waals surface area contributed by atoms with E-state index in [-0.39, 0.29) is 13.0 Å². The molecule has 0 bridgehead atoms. The van der Waals surface area contributed by atoms with Crippen molar-refractivity contribution in [2.75, 3.05) is 6.61 Å². The van der Waals surface area contributed by atoms with Crippen molar-refractivity contribution in [2.24, 2.45) is 0 Å². The number of carboxylic acid groups (broad SMARTS) is 1. The number of carbonyl (C=O) groups is 1. The fraction of sp³-hybridized carbons (Fsp3) is 0.600. The van der Waals surface area contributed by atoms with E-state index >= 15 is 0 Å². The zero-order chi connectivity index (χ0) is 10.2. The minimum absolute atomic E-state index is 0.0174. The molecule has 0 aromatic carbocycles. The molecule has 0 aromatic heterocycles. The van der Waals surface area contributed by atoms with Gasteiger partial charge in [-0.2, -0.15) is 18.4 Å². The number of nitrogens with zero attached hydrogens (tertiary/aromatic N) is 1. The lowest BCUT2D eigenvalue weighted by atomic mass is 10.5. The van der Waals surface area contributed by atoms with Crippen molar-refractivity contribution in [3.05, 3.63) is 0 Å². The van der Waals surface area contributed by atoms with Crippen LogP contribution in [0.25, 0.3) is 0 Å². The van der Waals surface area contributed by atoms with Gasteiger partial charge in [-0.05, 0) is 0 Å². The van der Waals surface area contributed by atoms with Crippen LogP contribution in [0.15, 0.2) is 0 Å². The highest BCUT2D eigenvalue weighted by atomic mass is 19.4. The Morgan fingerprint density at radius 3 is 1.83 bits per heavy atom. The highest BCUT2D eigenvalue weighted by molar-refractivity contribution is 5.73. The van der Waals surface area contributed by atoms with E-state index in [0.29, 0.717) is 0 Å². The first-order valence-electron chi connectivity index (χ1n) is 2.64. The maximum atomic E-state index is 10.6. The number of hydrogen-bond donors (Lipinski definition) is 2. The first kappa shape index (κ1) is 13.3. The summed E-state index contributed by atoms with van der Waals surface area (Å²) < 4.78 is 31.7. The number of aliphatic hydroxyl groups excluding tert-OH is 1. The molecule has 0 atom stereocenters. The quantitative estimate of drug-likeness (QED) is 0.624. The molecule has 0 fully saturated rings. The Labute approximate surface area is 65.8 Å². The molecular formula is C5H6F3NO3. The molecule has 7 heteroatoms. The third-order valence-corrected chi connectivity index (χ3v) is 0.466. The van der Waals surface area contributed by atoms with Gasteiger partial charge in [0.05, 0.1) is 19.1 Å². The van der Waals surface area contributed by atoms with Crippen molar-refractivity contribution in [3.63, 3.8) is 0 Å². The number of aliphatic carboxylic acids is 1. The van der Waals surface area contributed by atoms with Crippen LogP contribution in [-0.2, 0) is 4.79 Å². The summed E-state index contributed by atoms with van der Waals surface area (Å²) in [5.41, 5.74) is 0. The van der Waals surface area contributed by atoms with E-state index in [2.05, 4.69) is 0 Å². The van der Waals surface area contributed by atoms with Crippen LogP contribution >= 0.6 is 0 Å². The fourth-order valence-corrected chi connectivity index (χ4v) is 0.0500. The minimum Gasteiger partial charge on any atom is -0.475 e. The molecule has 0 amide bonds. The summed E-state index contributed by atoms with van der Waals surface area (Å²) in [6.07, 6.45) is -4.83. The van der Waals surface area contributed by atoms with Crippen molar-refractivity contribution in [2.45, 2.75) is 12.6 Å². The average Bonchev–Trinajstić information content (AvgIpc) is 1.88. The maximum absolute atomic E-state index is 10.6. The van der Waals surface area contributed by atoms with E-state index in [1.165, 1.54) is 0 Å². The largest absolute Gasteiger partial charge is 0.490 e. The Balaban J connectivity index is 0. The second-order valence-electron chi connectivity index (χ2n) is 1.43. The highest BCUT2D eigenvalue weighted by Gasteiger charge is 2.38. The molecule has 0 aliphatic rings. The van der Waals surface area contributed by atoms with Crippen molar-refractivity contribution < 1.29 is 28.2 Å². The van der Waals surface area contributed by atoms with E-state index in [9.17, 15) is 13.2 Å². The number of alkyl halides is 3. The van der Waals surface area contributed by atoms with Crippen LogP contribution in [0, 0.1) is 11.3 Å². The SMILES string of the molecule is N#CCCO.O=C(O)C(F)(F)F. The summed E-state index contributed by atoms with van der Waals surface area (Å²) in [5.74, 6) is -2.76. The van der Waals surface area contributed by atoms with Crippen LogP contribution in [0.4, 0.5) is 13.2 Å². The molecule has 70 valence electrons. The van der Waals surface area contributed by atoms with Crippen LogP contribution in [0.2, 0.25) is 0 Å². The Bertz CT molecular complexity index is 172. The zero-order valence-corrected chi connectivity index (χ0v) is 5.80. The molecule has 0 radical (unpaired) electrons. The summed E-state index contributed by atoms with van der Waals surface area (Å²) in [6, 6.07) is 1.77. The Hall–Kier alpha value is -1.29. The first-order chi connectivity index (χ1) is 5.36.